The van der Waals surface area contributed by atoms with Crippen molar-refractivity contribution in [2.45, 2.75) is 225 Å². The van der Waals surface area contributed by atoms with Crippen molar-refractivity contribution in [2.24, 2.45) is 28.8 Å². The van der Waals surface area contributed by atoms with Gasteiger partial charge < -0.3 is 57.5 Å². The first-order valence-electron chi connectivity index (χ1n) is 22.2. The molecule has 3 rings (SSSR count). The summed E-state index contributed by atoms with van der Waals surface area (Å²) in [5.74, 6) is -3.96. The summed E-state index contributed by atoms with van der Waals surface area (Å²) in [6, 6.07) is -1.12. The molecule has 0 aromatic carbocycles. The zero-order valence-electron chi connectivity index (χ0n) is 40.4. The highest BCUT2D eigenvalue weighted by Gasteiger charge is 2.55. The van der Waals surface area contributed by atoms with Crippen LogP contribution in [-0.4, -0.2) is 154 Å². The number of carbonyl (C=O) groups excluding carboxylic acids is 1. The Morgan fingerprint density at radius 3 is 1.93 bits per heavy atom. The van der Waals surface area contributed by atoms with Crippen molar-refractivity contribution in [1.82, 2.24) is 4.90 Å². The summed E-state index contributed by atoms with van der Waals surface area (Å²) < 4.78 is 53.0. The van der Waals surface area contributed by atoms with Crippen LogP contribution in [0.2, 0.25) is 39.3 Å². The summed E-state index contributed by atoms with van der Waals surface area (Å²) in [5, 5.41) is 39.9. The normalized spacial score (nSPS) is 45.8. The number of cyclic esters (lactones) is 1. The molecule has 3 N–H and O–H groups in total. The van der Waals surface area contributed by atoms with Crippen LogP contribution in [0.3, 0.4) is 0 Å². The maximum atomic E-state index is 14.5. The van der Waals surface area contributed by atoms with Crippen LogP contribution in [0.5, 0.6) is 0 Å². The Hall–Kier alpha value is -0.936. The average Bonchev–Trinajstić information content (AvgIpc) is 3.11. The molecule has 0 bridgehead atoms. The van der Waals surface area contributed by atoms with Gasteiger partial charge in [0.15, 0.2) is 29.2 Å². The molecule has 3 saturated heterocycles. The fourth-order valence-corrected chi connectivity index (χ4v) is 12.2. The Balaban J connectivity index is 2.28. The van der Waals surface area contributed by atoms with E-state index in [1.807, 2.05) is 41.8 Å². The summed E-state index contributed by atoms with van der Waals surface area (Å²) >= 11 is 0. The van der Waals surface area contributed by atoms with Gasteiger partial charge in [-0.15, -0.1) is 0 Å². The van der Waals surface area contributed by atoms with Crippen LogP contribution in [0.1, 0.15) is 94.9 Å². The third-order valence-corrected chi connectivity index (χ3v) is 15.0. The minimum Gasteiger partial charge on any atom is -0.459 e. The monoisotopic (exact) mass is 893 g/mol. The highest BCUT2D eigenvalue weighted by Crippen LogP contribution is 2.43. The maximum Gasteiger partial charge on any atom is 0.311 e. The summed E-state index contributed by atoms with van der Waals surface area (Å²) in [5.41, 5.74) is -4.49. The van der Waals surface area contributed by atoms with E-state index in [2.05, 4.69) is 49.4 Å². The predicted octanol–water partition coefficient (Wildman–Crippen LogP) is 6.07. The third-order valence-electron chi connectivity index (χ3n) is 13.1. The molecule has 0 spiro atoms. The molecular formula is C43H84N2O13Si2. The molecule has 0 saturated carbocycles. The van der Waals surface area contributed by atoms with Gasteiger partial charge in [-0.1, -0.05) is 32.9 Å². The lowest BCUT2D eigenvalue weighted by Crippen LogP contribution is -2.63. The smallest absolute Gasteiger partial charge is 0.311 e. The standard InChI is InChI=1S/C43H84N2O13Si2/c1-20-31-43(10,49)36(46)26(4)33(44-50)24(2)22-41(8,48)37(56-40-35(57-59(14,15)16)30(45(11)12)21-25(3)52-40)27(5)34(28(6)39(47)54-31)55-32-23-42(9,51-13)38(29(7)53-32)58-60(17,18)19/h24-38,40,46,48-49H,20-23H2,1-19H3/t24-,25+,26-,27-,28+,29-,30-,31+,32-,33?,34-,35+,36+,37+,38-,40-,41?,42+,43+/m0/s1. The van der Waals surface area contributed by atoms with Gasteiger partial charge in [0.05, 0.1) is 59.8 Å². The average molecular weight is 893 g/mol. The topological polar surface area (TPSA) is 184 Å². The second-order valence-electron chi connectivity index (χ2n) is 21.2. The van der Waals surface area contributed by atoms with Crippen LogP contribution in [0.4, 0.5) is 0 Å². The molecule has 17 heteroatoms. The molecule has 19 atom stereocenters. The molecule has 3 aliphatic heterocycles. The van der Waals surface area contributed by atoms with Gasteiger partial charge in [-0.2, -0.15) is 4.91 Å². The highest BCUT2D eigenvalue weighted by molar-refractivity contribution is 6.70. The summed E-state index contributed by atoms with van der Waals surface area (Å²) in [6.45, 7) is 30.3. The molecule has 60 heavy (non-hydrogen) atoms. The van der Waals surface area contributed by atoms with Gasteiger partial charge in [-0.05, 0) is 120 Å². The number of likely N-dealkylation sites (N-methyl/N-ethyl adjacent to an activating group) is 1. The van der Waals surface area contributed by atoms with Crippen LogP contribution in [0.15, 0.2) is 5.18 Å². The minimum absolute atomic E-state index is 0.00623. The molecule has 3 aliphatic rings. The van der Waals surface area contributed by atoms with Crippen molar-refractivity contribution >= 4 is 22.6 Å². The number of nitrogens with zero attached hydrogens (tertiary/aromatic N) is 2. The summed E-state index contributed by atoms with van der Waals surface area (Å²) in [6.07, 6.45) is -7.09. The number of aliphatic hydroxyl groups is 3. The molecule has 0 aliphatic carbocycles. The van der Waals surface area contributed by atoms with Gasteiger partial charge in [-0.3, -0.25) is 4.79 Å². The number of esters is 1. The van der Waals surface area contributed by atoms with E-state index in [9.17, 15) is 25.0 Å². The van der Waals surface area contributed by atoms with Crippen molar-refractivity contribution in [1.29, 1.82) is 0 Å². The van der Waals surface area contributed by atoms with E-state index in [0.717, 1.165) is 0 Å². The Labute approximate surface area is 363 Å². The van der Waals surface area contributed by atoms with E-state index in [0.29, 0.717) is 6.42 Å². The van der Waals surface area contributed by atoms with Crippen LogP contribution in [-0.2, 0) is 42.1 Å². The van der Waals surface area contributed by atoms with Crippen molar-refractivity contribution in [2.75, 3.05) is 21.2 Å². The van der Waals surface area contributed by atoms with Crippen LogP contribution < -0.4 is 0 Å². The van der Waals surface area contributed by atoms with Crippen molar-refractivity contribution < 1.29 is 57.4 Å². The second-order valence-corrected chi connectivity index (χ2v) is 30.1. The zero-order chi connectivity index (χ0) is 46.1. The van der Waals surface area contributed by atoms with E-state index in [-0.39, 0.29) is 31.4 Å². The van der Waals surface area contributed by atoms with Gasteiger partial charge in [0.2, 0.25) is 0 Å². The Morgan fingerprint density at radius 2 is 1.43 bits per heavy atom. The molecule has 0 aromatic rings. The Bertz CT molecular complexity index is 1400. The number of carbonyl (C=O) groups is 1. The quantitative estimate of drug-likeness (QED) is 0.117. The Morgan fingerprint density at radius 1 is 0.850 bits per heavy atom. The molecule has 0 radical (unpaired) electrons. The second kappa shape index (κ2) is 20.5. The first-order chi connectivity index (χ1) is 27.3. The van der Waals surface area contributed by atoms with Gasteiger partial charge in [0.25, 0.3) is 0 Å². The van der Waals surface area contributed by atoms with E-state index in [1.165, 1.54) is 6.92 Å². The molecular weight excluding hydrogens is 809 g/mol. The number of hydrogen-bond acceptors (Lipinski definition) is 15. The number of nitroso groups, excluding NO2 is 1. The number of rotatable bonds is 12. The van der Waals surface area contributed by atoms with Crippen LogP contribution in [0.25, 0.3) is 0 Å². The van der Waals surface area contributed by atoms with Gasteiger partial charge in [0.1, 0.15) is 17.8 Å². The SMILES string of the molecule is CC[C@H]1OC(=O)[C@H](C)[C@@H](O[C@H]2C[C@@](C)(OC)[C@@H](O[Si](C)(C)C)[C@H](C)O2)[C@H](C)[C@@H](O[C@@H]2O[C@H](C)C[C@H](N(C)C)[C@H]2O[Si](C)(C)C)C(C)(O)C[C@H](C)C(N=O)[C@H](C)[C@@H](O)[C@]1(C)O. The highest BCUT2D eigenvalue weighted by atomic mass is 28.4. The third kappa shape index (κ3) is 12.9. The molecule has 0 aromatic heterocycles. The molecule has 15 nitrogen and oxygen atoms in total. The molecule has 0 amide bonds. The maximum absolute atomic E-state index is 14.5. The molecule has 3 heterocycles. The van der Waals surface area contributed by atoms with Crippen molar-refractivity contribution in [3.8, 4) is 0 Å². The number of ether oxygens (including phenoxy) is 6. The van der Waals surface area contributed by atoms with Gasteiger partial charge >= 0.3 is 5.97 Å². The number of hydrogen-bond donors (Lipinski definition) is 3. The number of aliphatic hydroxyl groups excluding tert-OH is 1. The summed E-state index contributed by atoms with van der Waals surface area (Å²) in [7, 11) is 1.39. The van der Waals surface area contributed by atoms with Crippen molar-refractivity contribution in [3.05, 3.63) is 4.91 Å². The predicted molar refractivity (Wildman–Crippen MR) is 235 cm³/mol. The van der Waals surface area contributed by atoms with E-state index in [4.69, 9.17) is 37.3 Å². The van der Waals surface area contributed by atoms with E-state index >= 15 is 0 Å². The lowest BCUT2D eigenvalue weighted by Gasteiger charge is -2.51. The van der Waals surface area contributed by atoms with E-state index in [1.54, 1.807) is 41.7 Å². The lowest BCUT2D eigenvalue weighted by molar-refractivity contribution is -0.315. The summed E-state index contributed by atoms with van der Waals surface area (Å²) in [4.78, 5) is 29.3. The van der Waals surface area contributed by atoms with Gasteiger partial charge in [0, 0.05) is 31.4 Å². The fourth-order valence-electron chi connectivity index (χ4n) is 9.90. The minimum atomic E-state index is -2.20. The molecule has 2 unspecified atom stereocenters. The van der Waals surface area contributed by atoms with Gasteiger partial charge in [-0.25, -0.2) is 0 Å². The Kier molecular flexibility index (Phi) is 18.2. The largest absolute Gasteiger partial charge is 0.459 e. The van der Waals surface area contributed by atoms with Crippen LogP contribution in [0, 0.1) is 28.6 Å². The first kappa shape index (κ1) is 53.4. The van der Waals surface area contributed by atoms with Crippen LogP contribution >= 0.6 is 0 Å². The van der Waals surface area contributed by atoms with E-state index < -0.39 is 124 Å². The number of methoxy groups -OCH3 is 1. The molecule has 3 fully saturated rings. The first-order valence-corrected chi connectivity index (χ1v) is 29.0. The zero-order valence-corrected chi connectivity index (χ0v) is 42.4. The lowest BCUT2D eigenvalue weighted by atomic mass is 9.72. The fraction of sp³-hybridized carbons (Fsp3) is 0.977. The van der Waals surface area contributed by atoms with Crippen molar-refractivity contribution in [3.63, 3.8) is 0 Å². The molecule has 352 valence electrons.